The number of ether oxygens (including phenoxy) is 1. The van der Waals surface area contributed by atoms with Gasteiger partial charge in [-0.2, -0.15) is 0 Å². The molecule has 0 unspecified atom stereocenters. The Labute approximate surface area is 64.6 Å². The van der Waals surface area contributed by atoms with Gasteiger partial charge in [0.05, 0.1) is 13.2 Å². The molecule has 0 saturated heterocycles. The standard InChI is InChI=1S/C8H7ClO/c9-8-3-6-1-2-7(8)5-10-4-6/h1-3H,4-5H2. The van der Waals surface area contributed by atoms with Gasteiger partial charge in [0.25, 0.3) is 0 Å². The van der Waals surface area contributed by atoms with Crippen LogP contribution in [0.2, 0.25) is 5.02 Å². The second-order valence-corrected chi connectivity index (χ2v) is 2.83. The number of benzene rings is 1. The lowest BCUT2D eigenvalue weighted by Gasteiger charge is -1.95. The summed E-state index contributed by atoms with van der Waals surface area (Å²) in [5.41, 5.74) is 2.24. The van der Waals surface area contributed by atoms with E-state index in [4.69, 9.17) is 16.3 Å². The van der Waals surface area contributed by atoms with E-state index in [1.807, 2.05) is 18.2 Å². The molecule has 0 aliphatic carbocycles. The van der Waals surface area contributed by atoms with Crippen molar-refractivity contribution >= 4 is 11.6 Å². The first-order valence-corrected chi connectivity index (χ1v) is 3.59. The van der Waals surface area contributed by atoms with Crippen LogP contribution in [0.5, 0.6) is 0 Å². The summed E-state index contributed by atoms with van der Waals surface area (Å²) in [6.07, 6.45) is 0. The molecule has 1 aromatic carbocycles. The Morgan fingerprint density at radius 3 is 3.00 bits per heavy atom. The molecule has 1 aromatic rings. The lowest BCUT2D eigenvalue weighted by Crippen LogP contribution is -1.85. The molecular weight excluding hydrogens is 148 g/mol. The summed E-state index contributed by atoms with van der Waals surface area (Å²) in [7, 11) is 0. The number of hydrogen-bond donors (Lipinski definition) is 0. The van der Waals surface area contributed by atoms with E-state index in [1.165, 1.54) is 0 Å². The van der Waals surface area contributed by atoms with Gasteiger partial charge in [-0.3, -0.25) is 0 Å². The van der Waals surface area contributed by atoms with Crippen LogP contribution in [0.15, 0.2) is 18.2 Å². The SMILES string of the molecule is Clc1cc2ccc1COC2. The summed E-state index contributed by atoms with van der Waals surface area (Å²) < 4.78 is 5.28. The highest BCUT2D eigenvalue weighted by atomic mass is 35.5. The molecule has 0 atom stereocenters. The van der Waals surface area contributed by atoms with Crippen molar-refractivity contribution in [2.75, 3.05) is 0 Å². The van der Waals surface area contributed by atoms with E-state index < -0.39 is 0 Å². The van der Waals surface area contributed by atoms with Crippen LogP contribution < -0.4 is 0 Å². The van der Waals surface area contributed by atoms with E-state index in [-0.39, 0.29) is 0 Å². The Bertz CT molecular complexity index is 257. The highest BCUT2D eigenvalue weighted by Crippen LogP contribution is 2.22. The third-order valence-corrected chi connectivity index (χ3v) is 2.00. The molecular formula is C8H7ClO. The largest absolute Gasteiger partial charge is 0.372 e. The van der Waals surface area contributed by atoms with Crippen molar-refractivity contribution in [2.45, 2.75) is 13.2 Å². The topological polar surface area (TPSA) is 9.23 Å². The molecule has 2 heterocycles. The van der Waals surface area contributed by atoms with Gasteiger partial charge in [0.1, 0.15) is 0 Å². The number of fused-ring (bicyclic) bond motifs is 4. The fraction of sp³-hybridized carbons (Fsp3) is 0.250. The molecule has 1 nitrogen and oxygen atoms in total. The van der Waals surface area contributed by atoms with E-state index in [0.717, 1.165) is 16.1 Å². The van der Waals surface area contributed by atoms with Crippen molar-refractivity contribution in [2.24, 2.45) is 0 Å². The molecule has 2 aliphatic rings. The van der Waals surface area contributed by atoms with Crippen LogP contribution in [0.4, 0.5) is 0 Å². The molecule has 2 heteroatoms. The van der Waals surface area contributed by atoms with Gasteiger partial charge in [0, 0.05) is 5.02 Å². The maximum Gasteiger partial charge on any atom is 0.0735 e. The molecule has 52 valence electrons. The first kappa shape index (κ1) is 6.20. The minimum Gasteiger partial charge on any atom is -0.372 e. The maximum absolute atomic E-state index is 5.89. The molecule has 0 saturated carbocycles. The summed E-state index contributed by atoms with van der Waals surface area (Å²) in [5.74, 6) is 0. The van der Waals surface area contributed by atoms with Gasteiger partial charge in [0.15, 0.2) is 0 Å². The summed E-state index contributed by atoms with van der Waals surface area (Å²) in [6.45, 7) is 1.34. The Morgan fingerprint density at radius 1 is 1.30 bits per heavy atom. The molecule has 0 spiro atoms. The Hall–Kier alpha value is -0.530. The van der Waals surface area contributed by atoms with Crippen LogP contribution >= 0.6 is 11.6 Å². The minimum absolute atomic E-state index is 0.648. The molecule has 2 aliphatic heterocycles. The van der Waals surface area contributed by atoms with E-state index in [9.17, 15) is 0 Å². The Morgan fingerprint density at radius 2 is 2.20 bits per heavy atom. The van der Waals surface area contributed by atoms with Crippen LogP contribution in [-0.2, 0) is 18.0 Å². The summed E-state index contributed by atoms with van der Waals surface area (Å²) >= 11 is 5.89. The second kappa shape index (κ2) is 2.26. The van der Waals surface area contributed by atoms with Gasteiger partial charge < -0.3 is 4.74 Å². The average molecular weight is 155 g/mol. The van der Waals surface area contributed by atoms with Crippen LogP contribution in [0.25, 0.3) is 0 Å². The molecule has 0 aromatic heterocycles. The first-order valence-electron chi connectivity index (χ1n) is 3.21. The molecule has 3 rings (SSSR count). The van der Waals surface area contributed by atoms with Crippen molar-refractivity contribution in [1.82, 2.24) is 0 Å². The first-order chi connectivity index (χ1) is 4.86. The van der Waals surface area contributed by atoms with Crippen LogP contribution in [-0.4, -0.2) is 0 Å². The van der Waals surface area contributed by atoms with Crippen LogP contribution in [0.3, 0.4) is 0 Å². The van der Waals surface area contributed by atoms with E-state index in [0.29, 0.717) is 13.2 Å². The Kier molecular flexibility index (Phi) is 1.40. The fourth-order valence-corrected chi connectivity index (χ4v) is 1.33. The molecule has 0 radical (unpaired) electrons. The Balaban J connectivity index is 2.58. The number of halogens is 1. The third-order valence-electron chi connectivity index (χ3n) is 1.64. The van der Waals surface area contributed by atoms with Crippen molar-refractivity contribution in [1.29, 1.82) is 0 Å². The monoisotopic (exact) mass is 154 g/mol. The zero-order chi connectivity index (χ0) is 6.97. The molecule has 0 amide bonds. The summed E-state index contributed by atoms with van der Waals surface area (Å²) in [6, 6.07) is 6.03. The van der Waals surface area contributed by atoms with E-state index in [1.54, 1.807) is 0 Å². The fourth-order valence-electron chi connectivity index (χ4n) is 1.08. The van der Waals surface area contributed by atoms with Crippen molar-refractivity contribution in [3.8, 4) is 0 Å². The molecule has 10 heavy (non-hydrogen) atoms. The smallest absolute Gasteiger partial charge is 0.0735 e. The minimum atomic E-state index is 0.648. The summed E-state index contributed by atoms with van der Waals surface area (Å²) in [5, 5.41) is 0.829. The normalized spacial score (nSPS) is 15.3. The second-order valence-electron chi connectivity index (χ2n) is 2.42. The van der Waals surface area contributed by atoms with Gasteiger partial charge in [-0.05, 0) is 17.2 Å². The lowest BCUT2D eigenvalue weighted by molar-refractivity contribution is 0.111. The zero-order valence-corrected chi connectivity index (χ0v) is 6.19. The maximum atomic E-state index is 5.89. The lowest BCUT2D eigenvalue weighted by atomic mass is 10.2. The molecule has 0 N–H and O–H groups in total. The van der Waals surface area contributed by atoms with Gasteiger partial charge >= 0.3 is 0 Å². The van der Waals surface area contributed by atoms with Crippen LogP contribution in [0.1, 0.15) is 11.1 Å². The van der Waals surface area contributed by atoms with Crippen molar-refractivity contribution < 1.29 is 4.74 Å². The predicted octanol–water partition coefficient (Wildman–Crippen LogP) is 2.37. The van der Waals surface area contributed by atoms with Gasteiger partial charge in [-0.25, -0.2) is 0 Å². The summed E-state index contributed by atoms with van der Waals surface area (Å²) in [4.78, 5) is 0. The van der Waals surface area contributed by atoms with Gasteiger partial charge in [0.2, 0.25) is 0 Å². The molecule has 2 bridgehead atoms. The predicted molar refractivity (Wildman–Crippen MR) is 39.9 cm³/mol. The average Bonchev–Trinajstić information content (AvgIpc) is 2.20. The van der Waals surface area contributed by atoms with Crippen molar-refractivity contribution in [3.05, 3.63) is 34.3 Å². The third kappa shape index (κ3) is 0.917. The zero-order valence-electron chi connectivity index (χ0n) is 5.43. The van der Waals surface area contributed by atoms with Gasteiger partial charge in [-0.1, -0.05) is 23.7 Å². The highest BCUT2D eigenvalue weighted by Gasteiger charge is 2.06. The van der Waals surface area contributed by atoms with Gasteiger partial charge in [-0.15, -0.1) is 0 Å². The quantitative estimate of drug-likeness (QED) is 0.558. The number of hydrogen-bond acceptors (Lipinski definition) is 1. The van der Waals surface area contributed by atoms with E-state index >= 15 is 0 Å². The van der Waals surface area contributed by atoms with Crippen LogP contribution in [0, 0.1) is 0 Å². The van der Waals surface area contributed by atoms with E-state index in [2.05, 4.69) is 0 Å². The highest BCUT2D eigenvalue weighted by molar-refractivity contribution is 6.31. The van der Waals surface area contributed by atoms with Crippen molar-refractivity contribution in [3.63, 3.8) is 0 Å². The number of rotatable bonds is 0. The molecule has 0 fully saturated rings.